The first kappa shape index (κ1) is 15.4. The second-order valence-corrected chi connectivity index (χ2v) is 5.43. The van der Waals surface area contributed by atoms with Crippen LogP contribution in [0, 0.1) is 20.8 Å². The van der Waals surface area contributed by atoms with E-state index >= 15 is 0 Å². The molecule has 3 nitrogen and oxygen atoms in total. The van der Waals surface area contributed by atoms with Crippen LogP contribution in [0.4, 0.5) is 5.69 Å². The molecule has 0 aliphatic rings. The number of para-hydroxylation sites is 1. The van der Waals surface area contributed by atoms with Crippen molar-refractivity contribution in [3.63, 3.8) is 0 Å². The van der Waals surface area contributed by atoms with E-state index in [4.69, 9.17) is 16.3 Å². The van der Waals surface area contributed by atoms with Crippen LogP contribution in [0.25, 0.3) is 0 Å². The van der Waals surface area contributed by atoms with E-state index in [1.54, 1.807) is 6.07 Å². The maximum absolute atomic E-state index is 11.9. The molecule has 0 radical (unpaired) electrons. The molecule has 21 heavy (non-hydrogen) atoms. The highest BCUT2D eigenvalue weighted by Crippen LogP contribution is 2.23. The van der Waals surface area contributed by atoms with E-state index in [1.165, 1.54) is 0 Å². The molecule has 0 heterocycles. The standard InChI is InChI=1S/C17H18ClNO2/c1-11-7-8-14(9-15(11)18)19-16(20)10-21-17-12(2)5-4-6-13(17)3/h4-9H,10H2,1-3H3,(H,19,20). The van der Waals surface area contributed by atoms with Gasteiger partial charge in [0.1, 0.15) is 5.75 Å². The van der Waals surface area contributed by atoms with Crippen LogP contribution in [0.15, 0.2) is 36.4 Å². The number of benzene rings is 2. The summed E-state index contributed by atoms with van der Waals surface area (Å²) in [6.45, 7) is 5.80. The summed E-state index contributed by atoms with van der Waals surface area (Å²) < 4.78 is 5.61. The predicted octanol–water partition coefficient (Wildman–Crippen LogP) is 4.28. The molecule has 1 amide bonds. The van der Waals surface area contributed by atoms with Crippen LogP contribution in [0.5, 0.6) is 5.75 Å². The van der Waals surface area contributed by atoms with E-state index < -0.39 is 0 Å². The summed E-state index contributed by atoms with van der Waals surface area (Å²) >= 11 is 6.03. The zero-order valence-electron chi connectivity index (χ0n) is 12.4. The van der Waals surface area contributed by atoms with Gasteiger partial charge in [0.25, 0.3) is 5.91 Å². The predicted molar refractivity (Wildman–Crippen MR) is 86.2 cm³/mol. The van der Waals surface area contributed by atoms with Gasteiger partial charge in [-0.1, -0.05) is 35.9 Å². The van der Waals surface area contributed by atoms with Gasteiger partial charge in [-0.3, -0.25) is 4.79 Å². The summed E-state index contributed by atoms with van der Waals surface area (Å²) in [5.41, 5.74) is 3.67. The normalized spacial score (nSPS) is 10.3. The molecule has 1 N–H and O–H groups in total. The van der Waals surface area contributed by atoms with Gasteiger partial charge in [-0.05, 0) is 49.6 Å². The molecule has 0 fully saturated rings. The van der Waals surface area contributed by atoms with E-state index in [9.17, 15) is 4.79 Å². The number of carbonyl (C=O) groups excluding carboxylic acids is 1. The molecule has 0 saturated heterocycles. The Labute approximate surface area is 129 Å². The Morgan fingerprint density at radius 2 is 1.76 bits per heavy atom. The zero-order valence-corrected chi connectivity index (χ0v) is 13.1. The quantitative estimate of drug-likeness (QED) is 0.915. The fourth-order valence-corrected chi connectivity index (χ4v) is 2.21. The van der Waals surface area contributed by atoms with Crippen LogP contribution in [-0.2, 0) is 4.79 Å². The lowest BCUT2D eigenvalue weighted by atomic mass is 10.1. The lowest BCUT2D eigenvalue weighted by molar-refractivity contribution is -0.118. The third kappa shape index (κ3) is 3.99. The largest absolute Gasteiger partial charge is 0.483 e. The van der Waals surface area contributed by atoms with Gasteiger partial charge in [0.15, 0.2) is 6.61 Å². The fraction of sp³-hybridized carbons (Fsp3) is 0.235. The van der Waals surface area contributed by atoms with Crippen molar-refractivity contribution in [3.8, 4) is 5.75 Å². The molecule has 2 rings (SSSR count). The van der Waals surface area contributed by atoms with Crippen molar-refractivity contribution >= 4 is 23.2 Å². The molecule has 2 aromatic rings. The number of hydrogen-bond acceptors (Lipinski definition) is 2. The molecule has 0 bridgehead atoms. The number of anilines is 1. The van der Waals surface area contributed by atoms with Crippen molar-refractivity contribution in [2.45, 2.75) is 20.8 Å². The Morgan fingerprint density at radius 1 is 1.10 bits per heavy atom. The lowest BCUT2D eigenvalue weighted by Crippen LogP contribution is -2.20. The highest BCUT2D eigenvalue weighted by atomic mass is 35.5. The Bertz CT molecular complexity index is 648. The first-order valence-electron chi connectivity index (χ1n) is 6.72. The highest BCUT2D eigenvalue weighted by Gasteiger charge is 2.08. The van der Waals surface area contributed by atoms with Crippen molar-refractivity contribution in [3.05, 3.63) is 58.1 Å². The molecule has 110 valence electrons. The van der Waals surface area contributed by atoms with Crippen LogP contribution >= 0.6 is 11.6 Å². The summed E-state index contributed by atoms with van der Waals surface area (Å²) in [7, 11) is 0. The second-order valence-electron chi connectivity index (χ2n) is 5.02. The number of rotatable bonds is 4. The van der Waals surface area contributed by atoms with Gasteiger partial charge >= 0.3 is 0 Å². The summed E-state index contributed by atoms with van der Waals surface area (Å²) in [5.74, 6) is 0.548. The maximum atomic E-state index is 11.9. The van der Waals surface area contributed by atoms with Crippen LogP contribution in [0.2, 0.25) is 5.02 Å². The Morgan fingerprint density at radius 3 is 2.38 bits per heavy atom. The van der Waals surface area contributed by atoms with Crippen molar-refractivity contribution in [2.75, 3.05) is 11.9 Å². The summed E-state index contributed by atoms with van der Waals surface area (Å²) in [6, 6.07) is 11.3. The number of amides is 1. The van der Waals surface area contributed by atoms with Crippen LogP contribution < -0.4 is 10.1 Å². The SMILES string of the molecule is Cc1ccc(NC(=O)COc2c(C)cccc2C)cc1Cl. The third-order valence-electron chi connectivity index (χ3n) is 3.21. The monoisotopic (exact) mass is 303 g/mol. The van der Waals surface area contributed by atoms with Gasteiger partial charge in [0, 0.05) is 10.7 Å². The summed E-state index contributed by atoms with van der Waals surface area (Å²) in [5, 5.41) is 3.40. The molecule has 0 saturated carbocycles. The van der Waals surface area contributed by atoms with Crippen molar-refractivity contribution < 1.29 is 9.53 Å². The van der Waals surface area contributed by atoms with Crippen LogP contribution in [-0.4, -0.2) is 12.5 Å². The van der Waals surface area contributed by atoms with Gasteiger partial charge in [0.05, 0.1) is 0 Å². The minimum atomic E-state index is -0.211. The van der Waals surface area contributed by atoms with E-state index in [-0.39, 0.29) is 12.5 Å². The number of ether oxygens (including phenoxy) is 1. The summed E-state index contributed by atoms with van der Waals surface area (Å²) in [6.07, 6.45) is 0. The summed E-state index contributed by atoms with van der Waals surface area (Å²) in [4.78, 5) is 11.9. The fourth-order valence-electron chi connectivity index (χ4n) is 2.03. The molecule has 0 aliphatic carbocycles. The molecule has 0 atom stereocenters. The van der Waals surface area contributed by atoms with Crippen LogP contribution in [0.1, 0.15) is 16.7 Å². The third-order valence-corrected chi connectivity index (χ3v) is 3.62. The zero-order chi connectivity index (χ0) is 15.4. The molecular formula is C17H18ClNO2. The Hall–Kier alpha value is -2.00. The molecule has 0 aromatic heterocycles. The number of nitrogens with one attached hydrogen (secondary N) is 1. The molecule has 0 unspecified atom stereocenters. The average molecular weight is 304 g/mol. The van der Waals surface area contributed by atoms with Crippen molar-refractivity contribution in [1.82, 2.24) is 0 Å². The van der Waals surface area contributed by atoms with E-state index in [0.29, 0.717) is 10.7 Å². The van der Waals surface area contributed by atoms with Gasteiger partial charge in [-0.25, -0.2) is 0 Å². The molecule has 4 heteroatoms. The van der Waals surface area contributed by atoms with Gasteiger partial charge in [-0.2, -0.15) is 0 Å². The van der Waals surface area contributed by atoms with Crippen molar-refractivity contribution in [1.29, 1.82) is 0 Å². The highest BCUT2D eigenvalue weighted by molar-refractivity contribution is 6.31. The van der Waals surface area contributed by atoms with E-state index in [2.05, 4.69) is 5.32 Å². The van der Waals surface area contributed by atoms with E-state index in [0.717, 1.165) is 22.4 Å². The number of halogens is 1. The molecule has 2 aromatic carbocycles. The van der Waals surface area contributed by atoms with Crippen molar-refractivity contribution in [2.24, 2.45) is 0 Å². The van der Waals surface area contributed by atoms with E-state index in [1.807, 2.05) is 51.1 Å². The molecule has 0 aliphatic heterocycles. The Balaban J connectivity index is 1.97. The number of hydrogen-bond donors (Lipinski definition) is 1. The minimum Gasteiger partial charge on any atom is -0.483 e. The smallest absolute Gasteiger partial charge is 0.262 e. The maximum Gasteiger partial charge on any atom is 0.262 e. The topological polar surface area (TPSA) is 38.3 Å². The van der Waals surface area contributed by atoms with Gasteiger partial charge in [0.2, 0.25) is 0 Å². The minimum absolute atomic E-state index is 0.0306. The molecular weight excluding hydrogens is 286 g/mol. The lowest BCUT2D eigenvalue weighted by Gasteiger charge is -2.12. The first-order valence-corrected chi connectivity index (χ1v) is 7.10. The number of carbonyl (C=O) groups is 1. The van der Waals surface area contributed by atoms with Gasteiger partial charge in [-0.15, -0.1) is 0 Å². The van der Waals surface area contributed by atoms with Gasteiger partial charge < -0.3 is 10.1 Å². The van der Waals surface area contributed by atoms with Crippen LogP contribution in [0.3, 0.4) is 0 Å². The second kappa shape index (κ2) is 6.64. The average Bonchev–Trinajstić information content (AvgIpc) is 2.42. The molecule has 0 spiro atoms. The Kier molecular flexibility index (Phi) is 4.86. The first-order chi connectivity index (χ1) is 9.97. The number of aryl methyl sites for hydroxylation is 3.